The topological polar surface area (TPSA) is 28.4 Å². The summed E-state index contributed by atoms with van der Waals surface area (Å²) in [5, 5.41) is 10.8. The molecule has 1 aromatic heterocycles. The van der Waals surface area contributed by atoms with Gasteiger partial charge in [-0.05, 0) is 64.7 Å². The number of aromatic nitrogens is 1. The van der Waals surface area contributed by atoms with Crippen molar-refractivity contribution in [3.8, 4) is 5.75 Å². The number of rotatable bonds is 4. The summed E-state index contributed by atoms with van der Waals surface area (Å²) < 4.78 is 2.35. The van der Waals surface area contributed by atoms with Crippen LogP contribution >= 0.6 is 0 Å². The molecule has 2 rings (SSSR count). The summed E-state index contributed by atoms with van der Waals surface area (Å²) in [6.45, 7) is 6.40. The fraction of sp³-hybridized carbons (Fsp3) is 0.467. The molecule has 1 N–H and O–H groups in total. The van der Waals surface area contributed by atoms with Crippen molar-refractivity contribution in [2.24, 2.45) is 0 Å². The molecule has 3 nitrogen and oxygen atoms in total. The van der Waals surface area contributed by atoms with E-state index >= 15 is 0 Å². The van der Waals surface area contributed by atoms with E-state index in [9.17, 15) is 5.11 Å². The smallest absolute Gasteiger partial charge is 0.116 e. The number of phenols is 1. The number of benzene rings is 1. The number of phenolic OH excluding ortho intramolecular Hbond substituents is 1. The molecule has 0 aliphatic heterocycles. The maximum Gasteiger partial charge on any atom is 0.116 e. The first-order valence-electron chi connectivity index (χ1n) is 6.44. The van der Waals surface area contributed by atoms with Crippen molar-refractivity contribution in [2.45, 2.75) is 26.8 Å². The zero-order chi connectivity index (χ0) is 13.3. The largest absolute Gasteiger partial charge is 0.508 e. The molecule has 0 bridgehead atoms. The SMILES string of the molecule is Cc1c(C)n(CCCN(C)C)c2ccc(O)cc12. The Morgan fingerprint density at radius 3 is 2.61 bits per heavy atom. The van der Waals surface area contributed by atoms with Crippen LogP contribution in [0.4, 0.5) is 0 Å². The van der Waals surface area contributed by atoms with Gasteiger partial charge in [-0.25, -0.2) is 0 Å². The van der Waals surface area contributed by atoms with Gasteiger partial charge in [-0.2, -0.15) is 0 Å². The lowest BCUT2D eigenvalue weighted by atomic mass is 10.1. The predicted octanol–water partition coefficient (Wildman–Crippen LogP) is 2.92. The molecule has 1 aromatic carbocycles. The van der Waals surface area contributed by atoms with Crippen molar-refractivity contribution < 1.29 is 5.11 Å². The molecule has 18 heavy (non-hydrogen) atoms. The summed E-state index contributed by atoms with van der Waals surface area (Å²) in [7, 11) is 4.20. The van der Waals surface area contributed by atoms with E-state index in [0.29, 0.717) is 5.75 Å². The highest BCUT2D eigenvalue weighted by atomic mass is 16.3. The van der Waals surface area contributed by atoms with Gasteiger partial charge in [0.1, 0.15) is 5.75 Å². The molecular formula is C15H22N2O. The molecule has 0 spiro atoms. The zero-order valence-corrected chi connectivity index (χ0v) is 11.7. The lowest BCUT2D eigenvalue weighted by molar-refractivity contribution is 0.387. The number of aryl methyl sites for hydroxylation is 2. The lowest BCUT2D eigenvalue weighted by Crippen LogP contribution is -2.15. The van der Waals surface area contributed by atoms with E-state index in [1.54, 1.807) is 6.07 Å². The second-order valence-corrected chi connectivity index (χ2v) is 5.22. The van der Waals surface area contributed by atoms with Gasteiger partial charge in [0.2, 0.25) is 0 Å². The Bertz CT molecular complexity index is 555. The highest BCUT2D eigenvalue weighted by Crippen LogP contribution is 2.28. The Labute approximate surface area is 109 Å². The molecule has 0 fully saturated rings. The third kappa shape index (κ3) is 2.36. The average Bonchev–Trinajstić information content (AvgIpc) is 2.54. The molecule has 1 heterocycles. The highest BCUT2D eigenvalue weighted by Gasteiger charge is 2.10. The van der Waals surface area contributed by atoms with Crippen molar-refractivity contribution in [3.05, 3.63) is 29.5 Å². The minimum absolute atomic E-state index is 0.344. The summed E-state index contributed by atoms with van der Waals surface area (Å²) in [6, 6.07) is 5.64. The number of hydrogen-bond acceptors (Lipinski definition) is 2. The molecule has 3 heteroatoms. The minimum atomic E-state index is 0.344. The van der Waals surface area contributed by atoms with Crippen molar-refractivity contribution in [1.29, 1.82) is 0 Å². The Balaban J connectivity index is 2.35. The first-order valence-corrected chi connectivity index (χ1v) is 6.44. The van der Waals surface area contributed by atoms with E-state index in [4.69, 9.17) is 0 Å². The van der Waals surface area contributed by atoms with Crippen molar-refractivity contribution in [2.75, 3.05) is 20.6 Å². The Hall–Kier alpha value is -1.48. The van der Waals surface area contributed by atoms with Gasteiger partial charge in [0.05, 0.1) is 0 Å². The summed E-state index contributed by atoms with van der Waals surface area (Å²) in [4.78, 5) is 2.21. The van der Waals surface area contributed by atoms with E-state index in [0.717, 1.165) is 24.9 Å². The molecule has 0 saturated heterocycles. The molecule has 0 unspecified atom stereocenters. The Morgan fingerprint density at radius 2 is 1.94 bits per heavy atom. The van der Waals surface area contributed by atoms with Crippen molar-refractivity contribution >= 4 is 10.9 Å². The van der Waals surface area contributed by atoms with Gasteiger partial charge in [-0.3, -0.25) is 0 Å². The van der Waals surface area contributed by atoms with Gasteiger partial charge < -0.3 is 14.6 Å². The maximum atomic E-state index is 9.59. The van der Waals surface area contributed by atoms with Gasteiger partial charge in [0, 0.05) is 23.1 Å². The third-order valence-corrected chi connectivity index (χ3v) is 3.61. The molecule has 0 aliphatic rings. The van der Waals surface area contributed by atoms with Crippen LogP contribution in [0, 0.1) is 13.8 Å². The summed E-state index contributed by atoms with van der Waals surface area (Å²) in [5.41, 5.74) is 3.79. The van der Waals surface area contributed by atoms with Crippen LogP contribution in [0.2, 0.25) is 0 Å². The quantitative estimate of drug-likeness (QED) is 0.898. The Morgan fingerprint density at radius 1 is 1.22 bits per heavy atom. The second-order valence-electron chi connectivity index (χ2n) is 5.22. The number of hydrogen-bond donors (Lipinski definition) is 1. The summed E-state index contributed by atoms with van der Waals surface area (Å²) in [6.07, 6.45) is 1.14. The lowest BCUT2D eigenvalue weighted by Gasteiger charge is -2.12. The van der Waals surface area contributed by atoms with Crippen LogP contribution in [0.15, 0.2) is 18.2 Å². The molecule has 0 amide bonds. The number of fused-ring (bicyclic) bond motifs is 1. The molecular weight excluding hydrogens is 224 g/mol. The van der Waals surface area contributed by atoms with E-state index < -0.39 is 0 Å². The van der Waals surface area contributed by atoms with Gasteiger partial charge in [-0.1, -0.05) is 0 Å². The zero-order valence-electron chi connectivity index (χ0n) is 11.7. The van der Waals surface area contributed by atoms with Gasteiger partial charge in [0.15, 0.2) is 0 Å². The first-order chi connectivity index (χ1) is 8.50. The first kappa shape index (κ1) is 13.0. The van der Waals surface area contributed by atoms with E-state index in [1.165, 1.54) is 16.8 Å². The van der Waals surface area contributed by atoms with Gasteiger partial charge in [-0.15, -0.1) is 0 Å². The standard InChI is InChI=1S/C15H22N2O/c1-11-12(2)17(9-5-8-16(3)4)15-7-6-13(18)10-14(11)15/h6-7,10,18H,5,8-9H2,1-4H3. The molecule has 98 valence electrons. The summed E-state index contributed by atoms with van der Waals surface area (Å²) in [5.74, 6) is 0.344. The fourth-order valence-corrected chi connectivity index (χ4v) is 2.47. The monoisotopic (exact) mass is 246 g/mol. The predicted molar refractivity (Wildman–Crippen MR) is 76.2 cm³/mol. The minimum Gasteiger partial charge on any atom is -0.508 e. The van der Waals surface area contributed by atoms with Crippen LogP contribution in [0.25, 0.3) is 10.9 Å². The van der Waals surface area contributed by atoms with Gasteiger partial charge >= 0.3 is 0 Å². The highest BCUT2D eigenvalue weighted by molar-refractivity contribution is 5.86. The van der Waals surface area contributed by atoms with Crippen LogP contribution in [-0.4, -0.2) is 35.2 Å². The maximum absolute atomic E-state index is 9.59. The second kappa shape index (κ2) is 5.02. The Kier molecular flexibility index (Phi) is 3.62. The molecule has 2 aromatic rings. The van der Waals surface area contributed by atoms with E-state index in [2.05, 4.69) is 37.4 Å². The number of nitrogens with zero attached hydrogens (tertiary/aromatic N) is 2. The van der Waals surface area contributed by atoms with Crippen molar-refractivity contribution in [1.82, 2.24) is 9.47 Å². The van der Waals surface area contributed by atoms with Crippen LogP contribution in [0.3, 0.4) is 0 Å². The van der Waals surface area contributed by atoms with Crippen LogP contribution in [0.1, 0.15) is 17.7 Å². The normalized spacial score (nSPS) is 11.6. The molecule has 0 saturated carbocycles. The number of aromatic hydroxyl groups is 1. The van der Waals surface area contributed by atoms with E-state index in [1.807, 2.05) is 12.1 Å². The van der Waals surface area contributed by atoms with Crippen molar-refractivity contribution in [3.63, 3.8) is 0 Å². The molecule has 0 aliphatic carbocycles. The van der Waals surface area contributed by atoms with Crippen LogP contribution in [-0.2, 0) is 6.54 Å². The fourth-order valence-electron chi connectivity index (χ4n) is 2.47. The molecule has 0 radical (unpaired) electrons. The summed E-state index contributed by atoms with van der Waals surface area (Å²) >= 11 is 0. The van der Waals surface area contributed by atoms with Gasteiger partial charge in [0.25, 0.3) is 0 Å². The van der Waals surface area contributed by atoms with Crippen LogP contribution in [0.5, 0.6) is 5.75 Å². The third-order valence-electron chi connectivity index (χ3n) is 3.61. The average molecular weight is 246 g/mol. The molecule has 0 atom stereocenters. The van der Waals surface area contributed by atoms with Crippen LogP contribution < -0.4 is 0 Å². The van der Waals surface area contributed by atoms with E-state index in [-0.39, 0.29) is 0 Å².